The Morgan fingerprint density at radius 2 is 1.74 bits per heavy atom. The van der Waals surface area contributed by atoms with Crippen LogP contribution in [-0.4, -0.2) is 11.7 Å². The van der Waals surface area contributed by atoms with Crippen LogP contribution in [0.3, 0.4) is 0 Å². The largest absolute Gasteiger partial charge is 0.493 e. The third kappa shape index (κ3) is 6.06. The number of benzene rings is 1. The van der Waals surface area contributed by atoms with E-state index in [1.807, 2.05) is 0 Å². The summed E-state index contributed by atoms with van der Waals surface area (Å²) in [5.74, 6) is 0.0630. The fourth-order valence-electron chi connectivity index (χ4n) is 2.07. The molecule has 0 spiro atoms. The van der Waals surface area contributed by atoms with Crippen molar-refractivity contribution in [1.29, 1.82) is 0 Å². The van der Waals surface area contributed by atoms with Crippen LogP contribution in [0.1, 0.15) is 57.4 Å². The lowest BCUT2D eigenvalue weighted by atomic mass is 10.1. The number of unbranched alkanes of at least 4 members (excludes halogenated alkanes) is 6. The molecule has 0 aliphatic carbocycles. The standard InChI is InChI=1S/C16H25FO2/c1-2-3-4-5-6-7-8-12-19-16-11-9-10-15(17)14(16)13-18/h9-11,18H,2-8,12-13H2,1H3. The Morgan fingerprint density at radius 3 is 2.42 bits per heavy atom. The van der Waals surface area contributed by atoms with E-state index < -0.39 is 5.82 Å². The van der Waals surface area contributed by atoms with Crippen LogP contribution in [0, 0.1) is 5.82 Å². The molecule has 19 heavy (non-hydrogen) atoms. The molecule has 1 rings (SSSR count). The van der Waals surface area contributed by atoms with Gasteiger partial charge in [-0.25, -0.2) is 4.39 Å². The maximum absolute atomic E-state index is 13.4. The lowest BCUT2D eigenvalue weighted by molar-refractivity contribution is 0.253. The normalized spacial score (nSPS) is 10.7. The summed E-state index contributed by atoms with van der Waals surface area (Å²) >= 11 is 0. The van der Waals surface area contributed by atoms with Crippen molar-refractivity contribution in [2.24, 2.45) is 0 Å². The zero-order valence-corrected chi connectivity index (χ0v) is 11.8. The molecular formula is C16H25FO2. The molecule has 1 N–H and O–H groups in total. The first kappa shape index (κ1) is 16.0. The summed E-state index contributed by atoms with van der Waals surface area (Å²) in [5.41, 5.74) is 0.255. The Bertz CT molecular complexity index is 353. The van der Waals surface area contributed by atoms with Crippen molar-refractivity contribution in [2.75, 3.05) is 6.61 Å². The molecule has 3 heteroatoms. The predicted octanol–water partition coefficient (Wildman–Crippen LogP) is 4.45. The average Bonchev–Trinajstić information content (AvgIpc) is 2.42. The quantitative estimate of drug-likeness (QED) is 0.635. The second-order valence-corrected chi connectivity index (χ2v) is 4.84. The Balaban J connectivity index is 2.17. The van der Waals surface area contributed by atoms with Gasteiger partial charge in [-0.1, -0.05) is 51.5 Å². The minimum atomic E-state index is -0.403. The first-order valence-corrected chi connectivity index (χ1v) is 7.30. The van der Waals surface area contributed by atoms with Crippen LogP contribution < -0.4 is 4.74 Å². The van der Waals surface area contributed by atoms with Gasteiger partial charge in [0, 0.05) is 0 Å². The number of rotatable bonds is 10. The van der Waals surface area contributed by atoms with Gasteiger partial charge in [-0.3, -0.25) is 0 Å². The van der Waals surface area contributed by atoms with Crippen LogP contribution in [0.2, 0.25) is 0 Å². The van der Waals surface area contributed by atoms with Crippen LogP contribution in [0.15, 0.2) is 18.2 Å². The molecule has 0 fully saturated rings. The monoisotopic (exact) mass is 268 g/mol. The molecule has 0 aliphatic heterocycles. The SMILES string of the molecule is CCCCCCCCCOc1cccc(F)c1CO. The van der Waals surface area contributed by atoms with Gasteiger partial charge >= 0.3 is 0 Å². The van der Waals surface area contributed by atoms with Crippen LogP contribution >= 0.6 is 0 Å². The van der Waals surface area contributed by atoms with E-state index in [1.165, 1.54) is 38.2 Å². The van der Waals surface area contributed by atoms with E-state index in [0.717, 1.165) is 12.8 Å². The molecule has 0 unspecified atom stereocenters. The molecular weight excluding hydrogens is 243 g/mol. The van der Waals surface area contributed by atoms with Crippen LogP contribution in [0.5, 0.6) is 5.75 Å². The lowest BCUT2D eigenvalue weighted by Crippen LogP contribution is -2.02. The third-order valence-corrected chi connectivity index (χ3v) is 3.24. The molecule has 0 heterocycles. The molecule has 0 aliphatic rings. The highest BCUT2D eigenvalue weighted by atomic mass is 19.1. The summed E-state index contributed by atoms with van der Waals surface area (Å²) in [6, 6.07) is 4.65. The highest BCUT2D eigenvalue weighted by Gasteiger charge is 2.07. The molecule has 1 aromatic rings. The highest BCUT2D eigenvalue weighted by Crippen LogP contribution is 2.21. The molecule has 108 valence electrons. The van der Waals surface area contributed by atoms with E-state index in [2.05, 4.69) is 6.92 Å². The molecule has 0 saturated carbocycles. The molecule has 0 amide bonds. The topological polar surface area (TPSA) is 29.5 Å². The Labute approximate surface area is 115 Å². The summed E-state index contributed by atoms with van der Waals surface area (Å²) in [6.07, 6.45) is 8.55. The zero-order chi connectivity index (χ0) is 13.9. The van der Waals surface area contributed by atoms with Crippen LogP contribution in [-0.2, 0) is 6.61 Å². The smallest absolute Gasteiger partial charge is 0.132 e. The second-order valence-electron chi connectivity index (χ2n) is 4.84. The molecule has 0 bridgehead atoms. The van der Waals surface area contributed by atoms with E-state index in [9.17, 15) is 4.39 Å². The predicted molar refractivity (Wildman–Crippen MR) is 75.8 cm³/mol. The van der Waals surface area contributed by atoms with Crippen molar-refractivity contribution in [3.63, 3.8) is 0 Å². The second kappa shape index (κ2) is 9.79. The van der Waals surface area contributed by atoms with Crippen molar-refractivity contribution in [2.45, 2.75) is 58.5 Å². The Kier molecular flexibility index (Phi) is 8.23. The molecule has 0 aromatic heterocycles. The van der Waals surface area contributed by atoms with Gasteiger partial charge in [-0.05, 0) is 18.6 Å². The van der Waals surface area contributed by atoms with Crippen molar-refractivity contribution >= 4 is 0 Å². The number of hydrogen-bond donors (Lipinski definition) is 1. The summed E-state index contributed by atoms with van der Waals surface area (Å²) in [5, 5.41) is 9.10. The number of aliphatic hydroxyl groups excluding tert-OH is 1. The molecule has 2 nitrogen and oxygen atoms in total. The summed E-state index contributed by atoms with van der Waals surface area (Å²) < 4.78 is 18.9. The lowest BCUT2D eigenvalue weighted by Gasteiger charge is -2.10. The maximum atomic E-state index is 13.4. The van der Waals surface area contributed by atoms with E-state index in [4.69, 9.17) is 9.84 Å². The molecule has 0 radical (unpaired) electrons. The Hall–Kier alpha value is -1.09. The summed E-state index contributed by atoms with van der Waals surface area (Å²) in [7, 11) is 0. The first-order chi connectivity index (χ1) is 9.29. The number of aliphatic hydroxyl groups is 1. The first-order valence-electron chi connectivity index (χ1n) is 7.30. The molecule has 0 saturated heterocycles. The summed E-state index contributed by atoms with van der Waals surface area (Å²) in [6.45, 7) is 2.48. The maximum Gasteiger partial charge on any atom is 0.132 e. The van der Waals surface area contributed by atoms with Crippen LogP contribution in [0.25, 0.3) is 0 Å². The number of halogens is 1. The van der Waals surface area contributed by atoms with E-state index >= 15 is 0 Å². The Morgan fingerprint density at radius 1 is 1.05 bits per heavy atom. The number of ether oxygens (including phenoxy) is 1. The number of hydrogen-bond acceptors (Lipinski definition) is 2. The molecule has 0 atom stereocenters. The minimum Gasteiger partial charge on any atom is -0.493 e. The van der Waals surface area contributed by atoms with Crippen molar-refractivity contribution in [3.8, 4) is 5.75 Å². The van der Waals surface area contributed by atoms with Gasteiger partial charge in [0.25, 0.3) is 0 Å². The van der Waals surface area contributed by atoms with Crippen molar-refractivity contribution < 1.29 is 14.2 Å². The van der Waals surface area contributed by atoms with Crippen molar-refractivity contribution in [3.05, 3.63) is 29.6 Å². The van der Waals surface area contributed by atoms with Crippen LogP contribution in [0.4, 0.5) is 4.39 Å². The van der Waals surface area contributed by atoms with Gasteiger partial charge in [-0.2, -0.15) is 0 Å². The zero-order valence-electron chi connectivity index (χ0n) is 11.8. The fraction of sp³-hybridized carbons (Fsp3) is 0.625. The van der Waals surface area contributed by atoms with Gasteiger partial charge in [0.2, 0.25) is 0 Å². The van der Waals surface area contributed by atoms with E-state index in [0.29, 0.717) is 12.4 Å². The minimum absolute atomic E-state index is 0.255. The summed E-state index contributed by atoms with van der Waals surface area (Å²) in [4.78, 5) is 0. The highest BCUT2D eigenvalue weighted by molar-refractivity contribution is 5.33. The van der Waals surface area contributed by atoms with E-state index in [1.54, 1.807) is 12.1 Å². The fourth-order valence-corrected chi connectivity index (χ4v) is 2.07. The molecule has 1 aromatic carbocycles. The van der Waals surface area contributed by atoms with Gasteiger partial charge in [0.05, 0.1) is 18.8 Å². The van der Waals surface area contributed by atoms with Gasteiger partial charge in [0.1, 0.15) is 11.6 Å². The van der Waals surface area contributed by atoms with Gasteiger partial charge in [-0.15, -0.1) is 0 Å². The third-order valence-electron chi connectivity index (χ3n) is 3.24. The average molecular weight is 268 g/mol. The van der Waals surface area contributed by atoms with Gasteiger partial charge < -0.3 is 9.84 Å². The van der Waals surface area contributed by atoms with Crippen molar-refractivity contribution in [1.82, 2.24) is 0 Å². The van der Waals surface area contributed by atoms with Gasteiger partial charge in [0.15, 0.2) is 0 Å². The van der Waals surface area contributed by atoms with E-state index in [-0.39, 0.29) is 12.2 Å².